The van der Waals surface area contributed by atoms with Gasteiger partial charge in [0.05, 0.1) is 11.6 Å². The van der Waals surface area contributed by atoms with Gasteiger partial charge in [-0.25, -0.2) is 4.98 Å². The van der Waals surface area contributed by atoms with Crippen molar-refractivity contribution in [2.75, 3.05) is 0 Å². The van der Waals surface area contributed by atoms with E-state index in [0.29, 0.717) is 16.6 Å². The van der Waals surface area contributed by atoms with Crippen molar-refractivity contribution in [1.82, 2.24) is 4.98 Å². The van der Waals surface area contributed by atoms with Crippen LogP contribution in [0.1, 0.15) is 15.5 Å². The van der Waals surface area contributed by atoms with E-state index in [1.807, 2.05) is 0 Å². The highest BCUT2D eigenvalue weighted by molar-refractivity contribution is 7.13. The van der Waals surface area contributed by atoms with Crippen LogP contribution in [-0.2, 0) is 5.88 Å². The molecule has 0 aromatic carbocycles. The molecule has 0 fully saturated rings. The van der Waals surface area contributed by atoms with E-state index in [-0.39, 0.29) is 0 Å². The van der Waals surface area contributed by atoms with Gasteiger partial charge in [-0.1, -0.05) is 0 Å². The minimum Gasteiger partial charge on any atom is -0.273 e. The van der Waals surface area contributed by atoms with Crippen LogP contribution >= 0.6 is 34.5 Å². The van der Waals surface area contributed by atoms with Crippen LogP contribution in [0.25, 0.3) is 0 Å². The zero-order valence-corrected chi connectivity index (χ0v) is 7.13. The molecule has 1 aromatic rings. The van der Waals surface area contributed by atoms with Gasteiger partial charge in [-0.2, -0.15) is 0 Å². The number of aromatic nitrogens is 1. The number of carbonyl (C=O) groups is 1. The van der Waals surface area contributed by atoms with Crippen LogP contribution in [0.4, 0.5) is 0 Å². The predicted octanol–water partition coefficient (Wildman–Crippen LogP) is 2.26. The molecule has 1 heterocycles. The topological polar surface area (TPSA) is 30.0 Å². The first-order chi connectivity index (χ1) is 4.74. The van der Waals surface area contributed by atoms with Crippen LogP contribution in [0.15, 0.2) is 5.38 Å². The summed E-state index contributed by atoms with van der Waals surface area (Å²) in [6.45, 7) is 0. The molecule has 0 aliphatic rings. The van der Waals surface area contributed by atoms with Crippen LogP contribution < -0.4 is 0 Å². The number of thiazole rings is 1. The first-order valence-corrected chi connectivity index (χ1v) is 4.23. The van der Waals surface area contributed by atoms with E-state index in [2.05, 4.69) is 4.98 Å². The summed E-state index contributed by atoms with van der Waals surface area (Å²) in [5, 5.41) is 1.49. The minimum atomic E-state index is -0.527. The van der Waals surface area contributed by atoms with Gasteiger partial charge in [0.2, 0.25) is 0 Å². The molecule has 0 amide bonds. The second kappa shape index (κ2) is 3.32. The van der Waals surface area contributed by atoms with Crippen LogP contribution in [0, 0.1) is 0 Å². The molecular formula is C5H3Cl2NOS. The molecular weight excluding hydrogens is 193 g/mol. The quantitative estimate of drug-likeness (QED) is 0.536. The summed E-state index contributed by atoms with van der Waals surface area (Å²) in [6.07, 6.45) is 0. The summed E-state index contributed by atoms with van der Waals surface area (Å²) >= 11 is 11.8. The fourth-order valence-corrected chi connectivity index (χ4v) is 1.51. The smallest absolute Gasteiger partial charge is 0.273 e. The minimum absolute atomic E-state index is 0.303. The van der Waals surface area contributed by atoms with Gasteiger partial charge < -0.3 is 0 Å². The van der Waals surface area contributed by atoms with Crippen molar-refractivity contribution in [2.45, 2.75) is 5.88 Å². The highest BCUT2D eigenvalue weighted by Crippen LogP contribution is 2.13. The maximum atomic E-state index is 10.4. The van der Waals surface area contributed by atoms with Crippen molar-refractivity contribution in [3.63, 3.8) is 0 Å². The third-order valence-electron chi connectivity index (χ3n) is 0.857. The van der Waals surface area contributed by atoms with Crippen molar-refractivity contribution in [3.05, 3.63) is 16.1 Å². The van der Waals surface area contributed by atoms with E-state index in [9.17, 15) is 4.79 Å². The molecule has 0 saturated heterocycles. The maximum Gasteiger partial charge on any atom is 0.281 e. The molecule has 54 valence electrons. The predicted molar refractivity (Wildman–Crippen MR) is 41.9 cm³/mol. The molecule has 0 bridgehead atoms. The van der Waals surface area contributed by atoms with Crippen molar-refractivity contribution >= 4 is 39.8 Å². The second-order valence-corrected chi connectivity index (χ2v) is 3.02. The first-order valence-electron chi connectivity index (χ1n) is 2.44. The average Bonchev–Trinajstić information content (AvgIpc) is 2.34. The Labute approximate surface area is 71.8 Å². The van der Waals surface area contributed by atoms with Gasteiger partial charge in [0.15, 0.2) is 5.01 Å². The number of hydrogen-bond donors (Lipinski definition) is 0. The molecule has 0 saturated carbocycles. The molecule has 2 nitrogen and oxygen atoms in total. The fourth-order valence-electron chi connectivity index (χ4n) is 0.459. The zero-order chi connectivity index (χ0) is 7.56. The molecule has 0 aliphatic heterocycles. The van der Waals surface area contributed by atoms with Gasteiger partial charge in [-0.15, -0.1) is 22.9 Å². The summed E-state index contributed by atoms with van der Waals surface area (Å²) < 4.78 is 0. The van der Waals surface area contributed by atoms with Crippen LogP contribution in [-0.4, -0.2) is 10.2 Å². The molecule has 1 aromatic heterocycles. The summed E-state index contributed by atoms with van der Waals surface area (Å²) in [6, 6.07) is 0. The highest BCUT2D eigenvalue weighted by Gasteiger charge is 2.06. The average molecular weight is 196 g/mol. The van der Waals surface area contributed by atoms with Gasteiger partial charge in [-0.3, -0.25) is 4.79 Å². The van der Waals surface area contributed by atoms with Gasteiger partial charge in [0.1, 0.15) is 0 Å². The van der Waals surface area contributed by atoms with Gasteiger partial charge in [-0.05, 0) is 11.6 Å². The highest BCUT2D eigenvalue weighted by atomic mass is 35.5. The summed E-state index contributed by atoms with van der Waals surface area (Å²) in [7, 11) is 0. The maximum absolute atomic E-state index is 10.4. The van der Waals surface area contributed by atoms with Crippen molar-refractivity contribution < 1.29 is 4.79 Å². The normalized spacial score (nSPS) is 9.80. The van der Waals surface area contributed by atoms with E-state index < -0.39 is 5.24 Å². The van der Waals surface area contributed by atoms with Gasteiger partial charge >= 0.3 is 0 Å². The lowest BCUT2D eigenvalue weighted by molar-refractivity contribution is 0.108. The Kier molecular flexibility index (Phi) is 2.65. The van der Waals surface area contributed by atoms with Gasteiger partial charge in [0.25, 0.3) is 5.24 Å². The Hall–Kier alpha value is -0.120. The molecule has 0 radical (unpaired) electrons. The lowest BCUT2D eigenvalue weighted by atomic mass is 10.6. The molecule has 1 rings (SSSR count). The number of carbonyl (C=O) groups excluding carboxylic acids is 1. The van der Waals surface area contributed by atoms with E-state index in [1.54, 1.807) is 5.38 Å². The SMILES string of the molecule is O=C(Cl)c1nc(CCl)cs1. The monoisotopic (exact) mass is 195 g/mol. The zero-order valence-electron chi connectivity index (χ0n) is 4.80. The molecule has 0 spiro atoms. The first kappa shape index (κ1) is 7.98. The molecule has 5 heteroatoms. The Morgan fingerprint density at radius 2 is 2.50 bits per heavy atom. The molecule has 0 atom stereocenters. The standard InChI is InChI=1S/C5H3Cl2NOS/c6-1-3-2-10-5(8-3)4(7)9/h2H,1H2. The van der Waals surface area contributed by atoms with E-state index in [0.717, 1.165) is 0 Å². The molecule has 0 unspecified atom stereocenters. The van der Waals surface area contributed by atoms with Crippen molar-refractivity contribution in [1.29, 1.82) is 0 Å². The number of alkyl halides is 1. The number of halogens is 2. The Morgan fingerprint density at radius 1 is 1.80 bits per heavy atom. The molecule has 0 N–H and O–H groups in total. The largest absolute Gasteiger partial charge is 0.281 e. The van der Waals surface area contributed by atoms with Crippen LogP contribution in [0.3, 0.4) is 0 Å². The Bertz CT molecular complexity index is 248. The van der Waals surface area contributed by atoms with E-state index in [4.69, 9.17) is 23.2 Å². The molecule has 10 heavy (non-hydrogen) atoms. The molecule has 0 aliphatic carbocycles. The number of hydrogen-bond acceptors (Lipinski definition) is 3. The third-order valence-corrected chi connectivity index (χ3v) is 2.31. The van der Waals surface area contributed by atoms with E-state index in [1.165, 1.54) is 11.3 Å². The van der Waals surface area contributed by atoms with E-state index >= 15 is 0 Å². The Balaban J connectivity index is 2.88. The Morgan fingerprint density at radius 3 is 2.80 bits per heavy atom. The summed E-state index contributed by atoms with van der Waals surface area (Å²) in [4.78, 5) is 14.3. The van der Waals surface area contributed by atoms with Gasteiger partial charge in [0, 0.05) is 5.38 Å². The van der Waals surface area contributed by atoms with Crippen LogP contribution in [0.5, 0.6) is 0 Å². The third kappa shape index (κ3) is 1.68. The summed E-state index contributed by atoms with van der Waals surface area (Å²) in [5.74, 6) is 0.320. The second-order valence-electron chi connectivity index (χ2n) is 1.55. The lowest BCUT2D eigenvalue weighted by Crippen LogP contribution is -1.86. The van der Waals surface area contributed by atoms with Crippen LogP contribution in [0.2, 0.25) is 0 Å². The van der Waals surface area contributed by atoms with Crippen molar-refractivity contribution in [2.24, 2.45) is 0 Å². The fraction of sp³-hybridized carbons (Fsp3) is 0.200. The number of nitrogens with zero attached hydrogens (tertiary/aromatic N) is 1. The summed E-state index contributed by atoms with van der Waals surface area (Å²) in [5.41, 5.74) is 0.690. The van der Waals surface area contributed by atoms with Crippen molar-refractivity contribution in [3.8, 4) is 0 Å². The number of rotatable bonds is 2. The lowest BCUT2D eigenvalue weighted by Gasteiger charge is -1.80.